The summed E-state index contributed by atoms with van der Waals surface area (Å²) in [6.07, 6.45) is 4.22. The molecule has 0 aliphatic carbocycles. The van der Waals surface area contributed by atoms with Crippen LogP contribution in [0.15, 0.2) is 85.1 Å². The fourth-order valence-electron chi connectivity index (χ4n) is 4.11. The van der Waals surface area contributed by atoms with Crippen LogP contribution >= 0.6 is 0 Å². The molecule has 0 fully saturated rings. The Balaban J connectivity index is 1.80. The molecule has 168 valence electrons. The molecule has 33 heavy (non-hydrogen) atoms. The van der Waals surface area contributed by atoms with E-state index in [0.717, 1.165) is 33.2 Å². The first-order valence-electron chi connectivity index (χ1n) is 11.0. The minimum atomic E-state index is -0.347. The maximum atomic E-state index is 13.6. The van der Waals surface area contributed by atoms with Crippen molar-refractivity contribution in [3.05, 3.63) is 113 Å². The van der Waals surface area contributed by atoms with Crippen molar-refractivity contribution in [2.45, 2.75) is 26.3 Å². The van der Waals surface area contributed by atoms with Crippen LogP contribution in [0.5, 0.6) is 0 Å². The molecule has 4 aromatic rings. The van der Waals surface area contributed by atoms with Crippen LogP contribution < -0.4 is 0 Å². The molecule has 0 spiro atoms. The minimum absolute atomic E-state index is 0.254. The summed E-state index contributed by atoms with van der Waals surface area (Å²) in [6.45, 7) is 4.12. The molecule has 1 aromatic heterocycles. The number of benzene rings is 3. The van der Waals surface area contributed by atoms with Gasteiger partial charge in [-0.05, 0) is 78.1 Å². The SMILES string of the molecule is CCOC(=O)/C=C(/CC)c1ccc2c(ccn2C(c2ccc(F)cc2)c2ccc(F)cc2)c1. The fourth-order valence-corrected chi connectivity index (χ4v) is 4.11. The number of hydrogen-bond acceptors (Lipinski definition) is 2. The van der Waals surface area contributed by atoms with Gasteiger partial charge in [-0.3, -0.25) is 0 Å². The molecular formula is C28H25F2NO2. The van der Waals surface area contributed by atoms with Gasteiger partial charge in [-0.15, -0.1) is 0 Å². The monoisotopic (exact) mass is 445 g/mol. The van der Waals surface area contributed by atoms with Crippen molar-refractivity contribution in [3.63, 3.8) is 0 Å². The second-order valence-electron chi connectivity index (χ2n) is 7.78. The third kappa shape index (κ3) is 4.87. The zero-order chi connectivity index (χ0) is 23.4. The van der Waals surface area contributed by atoms with Gasteiger partial charge in [-0.25, -0.2) is 13.6 Å². The summed E-state index contributed by atoms with van der Waals surface area (Å²) in [5.74, 6) is -0.960. The summed E-state index contributed by atoms with van der Waals surface area (Å²) >= 11 is 0. The van der Waals surface area contributed by atoms with Crippen molar-refractivity contribution in [3.8, 4) is 0 Å². The molecule has 4 rings (SSSR count). The van der Waals surface area contributed by atoms with Crippen molar-refractivity contribution in [2.24, 2.45) is 0 Å². The first kappa shape index (κ1) is 22.5. The number of rotatable bonds is 7. The standard InChI is InChI=1S/C28H25F2NO2/c1-3-19(18-27(32)33-4-2)22-9-14-26-23(17-22)15-16-31(26)28(20-5-10-24(29)11-6-20)21-7-12-25(30)13-8-21/h5-18,28H,3-4H2,1-2H3/b19-18-. The molecule has 0 atom stereocenters. The predicted octanol–water partition coefficient (Wildman–Crippen LogP) is 6.91. The Kier molecular flexibility index (Phi) is 6.68. The number of allylic oxidation sites excluding steroid dienone is 1. The van der Waals surface area contributed by atoms with E-state index in [4.69, 9.17) is 4.74 Å². The number of carbonyl (C=O) groups excluding carboxylic acids is 1. The Hall–Kier alpha value is -3.73. The molecule has 0 bridgehead atoms. The molecule has 0 radical (unpaired) electrons. The predicted molar refractivity (Wildman–Crippen MR) is 127 cm³/mol. The minimum Gasteiger partial charge on any atom is -0.463 e. The van der Waals surface area contributed by atoms with Crippen LogP contribution in [-0.4, -0.2) is 17.1 Å². The molecule has 0 aliphatic rings. The van der Waals surface area contributed by atoms with E-state index in [1.54, 1.807) is 37.3 Å². The molecule has 5 heteroatoms. The lowest BCUT2D eigenvalue weighted by Crippen LogP contribution is -2.11. The summed E-state index contributed by atoms with van der Waals surface area (Å²) in [5, 5.41) is 1.00. The highest BCUT2D eigenvalue weighted by molar-refractivity contribution is 5.93. The van der Waals surface area contributed by atoms with Gasteiger partial charge in [0.25, 0.3) is 0 Å². The summed E-state index contributed by atoms with van der Waals surface area (Å²) in [4.78, 5) is 11.9. The molecule has 0 unspecified atom stereocenters. The number of halogens is 2. The van der Waals surface area contributed by atoms with Crippen molar-refractivity contribution in [1.29, 1.82) is 0 Å². The average molecular weight is 446 g/mol. The molecule has 1 heterocycles. The van der Waals surface area contributed by atoms with E-state index in [1.165, 1.54) is 24.3 Å². The third-order valence-corrected chi connectivity index (χ3v) is 5.70. The van der Waals surface area contributed by atoms with Crippen molar-refractivity contribution < 1.29 is 18.3 Å². The van der Waals surface area contributed by atoms with Crippen molar-refractivity contribution >= 4 is 22.4 Å². The largest absolute Gasteiger partial charge is 0.463 e. The number of ether oxygens (including phenoxy) is 1. The van der Waals surface area contributed by atoms with E-state index in [9.17, 15) is 13.6 Å². The van der Waals surface area contributed by atoms with Gasteiger partial charge < -0.3 is 9.30 Å². The van der Waals surface area contributed by atoms with E-state index in [1.807, 2.05) is 37.4 Å². The van der Waals surface area contributed by atoms with Gasteiger partial charge in [-0.1, -0.05) is 37.3 Å². The van der Waals surface area contributed by atoms with Crippen LogP contribution in [0.25, 0.3) is 16.5 Å². The molecule has 3 nitrogen and oxygen atoms in total. The highest BCUT2D eigenvalue weighted by Crippen LogP contribution is 2.33. The Bertz CT molecular complexity index is 1240. The van der Waals surface area contributed by atoms with E-state index in [-0.39, 0.29) is 23.6 Å². The number of nitrogens with zero attached hydrogens (tertiary/aromatic N) is 1. The van der Waals surface area contributed by atoms with Crippen LogP contribution in [0.3, 0.4) is 0 Å². The van der Waals surface area contributed by atoms with E-state index < -0.39 is 0 Å². The molecule has 0 amide bonds. The summed E-state index contributed by atoms with van der Waals surface area (Å²) in [6, 6.07) is 20.5. The number of aromatic nitrogens is 1. The van der Waals surface area contributed by atoms with Crippen LogP contribution in [0.1, 0.15) is 43.0 Å². The number of fused-ring (bicyclic) bond motifs is 1. The molecule has 0 saturated carbocycles. The van der Waals surface area contributed by atoms with Gasteiger partial charge in [0.05, 0.1) is 12.6 Å². The van der Waals surface area contributed by atoms with E-state index >= 15 is 0 Å². The Morgan fingerprint density at radius 3 is 2.06 bits per heavy atom. The lowest BCUT2D eigenvalue weighted by atomic mass is 9.97. The Labute approximate surface area is 191 Å². The maximum absolute atomic E-state index is 13.6. The molecule has 0 N–H and O–H groups in total. The van der Waals surface area contributed by atoms with Crippen LogP contribution in [0.2, 0.25) is 0 Å². The zero-order valence-corrected chi connectivity index (χ0v) is 18.6. The molecule has 3 aromatic carbocycles. The number of esters is 1. The normalized spacial score (nSPS) is 11.8. The van der Waals surface area contributed by atoms with Crippen LogP contribution in [0, 0.1) is 11.6 Å². The third-order valence-electron chi connectivity index (χ3n) is 5.70. The van der Waals surface area contributed by atoms with Crippen molar-refractivity contribution in [2.75, 3.05) is 6.61 Å². The highest BCUT2D eigenvalue weighted by atomic mass is 19.1. The quantitative estimate of drug-likeness (QED) is 0.229. The highest BCUT2D eigenvalue weighted by Gasteiger charge is 2.19. The van der Waals surface area contributed by atoms with Gasteiger partial charge in [-0.2, -0.15) is 0 Å². The zero-order valence-electron chi connectivity index (χ0n) is 18.6. The second-order valence-corrected chi connectivity index (χ2v) is 7.78. The first-order valence-corrected chi connectivity index (χ1v) is 11.0. The van der Waals surface area contributed by atoms with Gasteiger partial charge in [0.1, 0.15) is 11.6 Å². The number of carbonyl (C=O) groups is 1. The van der Waals surface area contributed by atoms with Gasteiger partial charge in [0.2, 0.25) is 0 Å². The summed E-state index contributed by atoms with van der Waals surface area (Å²) in [5.41, 5.74) is 4.61. The maximum Gasteiger partial charge on any atom is 0.331 e. The smallest absolute Gasteiger partial charge is 0.331 e. The molecule has 0 saturated heterocycles. The second kappa shape index (κ2) is 9.82. The molecular weight excluding hydrogens is 420 g/mol. The van der Waals surface area contributed by atoms with Crippen molar-refractivity contribution in [1.82, 2.24) is 4.57 Å². The van der Waals surface area contributed by atoms with Gasteiger partial charge in [0, 0.05) is 23.2 Å². The van der Waals surface area contributed by atoms with E-state index in [0.29, 0.717) is 13.0 Å². The van der Waals surface area contributed by atoms with Crippen LogP contribution in [0.4, 0.5) is 8.78 Å². The summed E-state index contributed by atoms with van der Waals surface area (Å²) in [7, 11) is 0. The fraction of sp³-hybridized carbons (Fsp3) is 0.179. The average Bonchev–Trinajstić information content (AvgIpc) is 3.23. The summed E-state index contributed by atoms with van der Waals surface area (Å²) < 4.78 is 34.4. The Morgan fingerprint density at radius 1 is 0.909 bits per heavy atom. The number of hydrogen-bond donors (Lipinski definition) is 0. The van der Waals surface area contributed by atoms with Gasteiger partial charge >= 0.3 is 5.97 Å². The topological polar surface area (TPSA) is 31.2 Å². The lowest BCUT2D eigenvalue weighted by Gasteiger charge is -2.22. The van der Waals surface area contributed by atoms with Gasteiger partial charge in [0.15, 0.2) is 0 Å². The Morgan fingerprint density at radius 2 is 1.52 bits per heavy atom. The molecule has 0 aliphatic heterocycles. The van der Waals surface area contributed by atoms with Crippen LogP contribution in [-0.2, 0) is 9.53 Å². The lowest BCUT2D eigenvalue weighted by molar-refractivity contribution is -0.137. The first-order chi connectivity index (χ1) is 16.0. The van der Waals surface area contributed by atoms with E-state index in [2.05, 4.69) is 4.57 Å².